The van der Waals surface area contributed by atoms with E-state index in [0.717, 1.165) is 11.3 Å². The molecule has 0 fully saturated rings. The number of nitrogens with two attached hydrogens (primary N) is 1. The molecule has 6 nitrogen and oxygen atoms in total. The van der Waals surface area contributed by atoms with Crippen LogP contribution in [0.3, 0.4) is 0 Å². The molecule has 118 valence electrons. The van der Waals surface area contributed by atoms with E-state index in [-0.39, 0.29) is 17.4 Å². The third-order valence-corrected chi connectivity index (χ3v) is 3.01. The lowest BCUT2D eigenvalue weighted by molar-refractivity contribution is 0.182. The maximum Gasteiger partial charge on any atom is 0.289 e. The summed E-state index contributed by atoms with van der Waals surface area (Å²) in [4.78, 5) is 12.0. The van der Waals surface area contributed by atoms with Gasteiger partial charge >= 0.3 is 0 Å². The molecule has 0 unspecified atom stereocenters. The number of ether oxygens (including phenoxy) is 2. The van der Waals surface area contributed by atoms with Crippen LogP contribution in [0.4, 0.5) is 5.69 Å². The fourth-order valence-electron chi connectivity index (χ4n) is 2.03. The molecule has 0 atom stereocenters. The Morgan fingerprint density at radius 2 is 2.09 bits per heavy atom. The van der Waals surface area contributed by atoms with Gasteiger partial charge in [-0.1, -0.05) is 12.1 Å². The number of methoxy groups -OCH3 is 1. The molecule has 2 rings (SSSR count). The quantitative estimate of drug-likeness (QED) is 0.882. The summed E-state index contributed by atoms with van der Waals surface area (Å²) in [6.45, 7) is 4.68. The minimum atomic E-state index is -0.310. The number of nitrogens with zero attached hydrogens (tertiary/aromatic N) is 2. The topological polar surface area (TPSA) is 79.4 Å². The average Bonchev–Trinajstić information content (AvgIpc) is 2.48. The summed E-state index contributed by atoms with van der Waals surface area (Å²) >= 11 is 0. The molecule has 0 spiro atoms. The van der Waals surface area contributed by atoms with Crippen molar-refractivity contribution in [1.29, 1.82) is 0 Å². The number of hydrogen-bond acceptors (Lipinski definition) is 5. The first-order chi connectivity index (χ1) is 10.5. The minimum absolute atomic E-state index is 0.0870. The predicted octanol–water partition coefficient (Wildman–Crippen LogP) is 1.93. The summed E-state index contributed by atoms with van der Waals surface area (Å²) in [5.74, 6) is 0.752. The highest BCUT2D eigenvalue weighted by Gasteiger charge is 2.09. The molecular weight excluding hydrogens is 282 g/mol. The van der Waals surface area contributed by atoms with Gasteiger partial charge in [-0.2, -0.15) is 5.10 Å². The lowest BCUT2D eigenvalue weighted by Gasteiger charge is -2.12. The molecule has 0 bridgehead atoms. The third kappa shape index (κ3) is 3.85. The second-order valence-corrected chi connectivity index (χ2v) is 5.20. The van der Waals surface area contributed by atoms with E-state index < -0.39 is 0 Å². The fourth-order valence-corrected chi connectivity index (χ4v) is 2.03. The van der Waals surface area contributed by atoms with E-state index in [0.29, 0.717) is 18.8 Å². The van der Waals surface area contributed by atoms with Crippen LogP contribution in [0, 0.1) is 0 Å². The molecule has 6 heteroatoms. The second-order valence-electron chi connectivity index (χ2n) is 5.20. The van der Waals surface area contributed by atoms with Crippen molar-refractivity contribution in [3.63, 3.8) is 0 Å². The number of aromatic nitrogens is 2. The summed E-state index contributed by atoms with van der Waals surface area (Å²) in [6, 6.07) is 9.14. The number of anilines is 1. The first-order valence-electron chi connectivity index (χ1n) is 7.15. The van der Waals surface area contributed by atoms with Crippen molar-refractivity contribution in [2.75, 3.05) is 19.5 Å². The average molecular weight is 303 g/mol. The highest BCUT2D eigenvalue weighted by molar-refractivity contribution is 5.63. The van der Waals surface area contributed by atoms with E-state index in [1.807, 2.05) is 38.1 Å². The summed E-state index contributed by atoms with van der Waals surface area (Å²) in [5.41, 5.74) is 7.13. The van der Waals surface area contributed by atoms with Gasteiger partial charge < -0.3 is 15.2 Å². The van der Waals surface area contributed by atoms with E-state index in [2.05, 4.69) is 5.10 Å². The molecule has 0 radical (unpaired) electrons. The van der Waals surface area contributed by atoms with Crippen molar-refractivity contribution in [2.24, 2.45) is 0 Å². The lowest BCUT2D eigenvalue weighted by Crippen LogP contribution is -2.27. The molecule has 0 saturated heterocycles. The van der Waals surface area contributed by atoms with Crippen LogP contribution in [0.25, 0.3) is 11.3 Å². The van der Waals surface area contributed by atoms with E-state index in [4.69, 9.17) is 15.2 Å². The Hall–Kier alpha value is -2.34. The van der Waals surface area contributed by atoms with E-state index in [9.17, 15) is 4.79 Å². The van der Waals surface area contributed by atoms with Crippen LogP contribution in [0.1, 0.15) is 13.8 Å². The number of benzene rings is 1. The number of rotatable bonds is 6. The molecule has 2 aromatic rings. The van der Waals surface area contributed by atoms with Gasteiger partial charge in [0, 0.05) is 12.7 Å². The first-order valence-corrected chi connectivity index (χ1v) is 7.15. The molecule has 0 aliphatic carbocycles. The maximum absolute atomic E-state index is 12.0. The normalized spacial score (nSPS) is 10.9. The molecule has 1 aromatic heterocycles. The van der Waals surface area contributed by atoms with E-state index in [1.54, 1.807) is 13.2 Å². The molecule has 1 heterocycles. The zero-order chi connectivity index (χ0) is 16.1. The summed E-state index contributed by atoms with van der Waals surface area (Å²) in [6.07, 6.45) is 0.0870. The van der Waals surface area contributed by atoms with Gasteiger partial charge in [0.2, 0.25) is 0 Å². The highest BCUT2D eigenvalue weighted by atomic mass is 16.5. The van der Waals surface area contributed by atoms with Crippen LogP contribution < -0.4 is 16.0 Å². The standard InChI is InChI=1S/C16H21N3O3/c1-11(2)22-13-6-4-5-12(9-13)15-10-14(17)16(20)19(18-15)7-8-21-3/h4-6,9-11H,7-8,17H2,1-3H3. The van der Waals surface area contributed by atoms with Crippen molar-refractivity contribution in [1.82, 2.24) is 9.78 Å². The minimum Gasteiger partial charge on any atom is -0.491 e. The van der Waals surface area contributed by atoms with Gasteiger partial charge in [-0.3, -0.25) is 4.79 Å². The Kier molecular flexibility index (Phi) is 5.16. The highest BCUT2D eigenvalue weighted by Crippen LogP contribution is 2.23. The Labute approximate surface area is 129 Å². The van der Waals surface area contributed by atoms with Gasteiger partial charge in [-0.25, -0.2) is 4.68 Å². The van der Waals surface area contributed by atoms with Gasteiger partial charge in [-0.15, -0.1) is 0 Å². The van der Waals surface area contributed by atoms with Crippen molar-refractivity contribution in [2.45, 2.75) is 26.5 Å². The van der Waals surface area contributed by atoms with Gasteiger partial charge in [0.15, 0.2) is 0 Å². The van der Waals surface area contributed by atoms with Crippen LogP contribution in [0.15, 0.2) is 35.1 Å². The predicted molar refractivity (Wildman–Crippen MR) is 86.0 cm³/mol. The largest absolute Gasteiger partial charge is 0.491 e. The maximum atomic E-state index is 12.0. The van der Waals surface area contributed by atoms with E-state index in [1.165, 1.54) is 4.68 Å². The Balaban J connectivity index is 2.39. The first kappa shape index (κ1) is 16.0. The van der Waals surface area contributed by atoms with Crippen molar-refractivity contribution in [3.8, 4) is 17.0 Å². The van der Waals surface area contributed by atoms with Crippen LogP contribution in [0.2, 0.25) is 0 Å². The molecule has 2 N–H and O–H groups in total. The Morgan fingerprint density at radius 1 is 1.32 bits per heavy atom. The molecule has 22 heavy (non-hydrogen) atoms. The van der Waals surface area contributed by atoms with Crippen LogP contribution in [0.5, 0.6) is 5.75 Å². The van der Waals surface area contributed by atoms with Crippen molar-refractivity contribution in [3.05, 3.63) is 40.7 Å². The third-order valence-electron chi connectivity index (χ3n) is 3.01. The van der Waals surface area contributed by atoms with Crippen LogP contribution in [-0.4, -0.2) is 29.6 Å². The molecule has 0 amide bonds. The Morgan fingerprint density at radius 3 is 2.77 bits per heavy atom. The zero-order valence-corrected chi connectivity index (χ0v) is 13.1. The molecule has 0 aliphatic rings. The van der Waals surface area contributed by atoms with Crippen LogP contribution >= 0.6 is 0 Å². The zero-order valence-electron chi connectivity index (χ0n) is 13.1. The Bertz CT molecular complexity index is 695. The summed E-state index contributed by atoms with van der Waals surface area (Å²) in [7, 11) is 1.57. The summed E-state index contributed by atoms with van der Waals surface area (Å²) in [5, 5.41) is 4.35. The van der Waals surface area contributed by atoms with Gasteiger partial charge in [0.05, 0.1) is 24.9 Å². The number of nitrogen functional groups attached to an aromatic ring is 1. The van der Waals surface area contributed by atoms with Gasteiger partial charge in [-0.05, 0) is 32.0 Å². The van der Waals surface area contributed by atoms with Crippen LogP contribution in [-0.2, 0) is 11.3 Å². The van der Waals surface area contributed by atoms with E-state index >= 15 is 0 Å². The summed E-state index contributed by atoms with van der Waals surface area (Å²) < 4.78 is 12.0. The molecular formula is C16H21N3O3. The SMILES string of the molecule is COCCn1nc(-c2cccc(OC(C)C)c2)cc(N)c1=O. The fraction of sp³-hybridized carbons (Fsp3) is 0.375. The van der Waals surface area contributed by atoms with Gasteiger partial charge in [0.25, 0.3) is 5.56 Å². The molecule has 0 saturated carbocycles. The van der Waals surface area contributed by atoms with Crippen molar-refractivity contribution < 1.29 is 9.47 Å². The monoisotopic (exact) mass is 303 g/mol. The smallest absolute Gasteiger partial charge is 0.289 e. The lowest BCUT2D eigenvalue weighted by atomic mass is 10.1. The second kappa shape index (κ2) is 7.09. The number of hydrogen-bond donors (Lipinski definition) is 1. The van der Waals surface area contributed by atoms with Gasteiger partial charge in [0.1, 0.15) is 11.4 Å². The van der Waals surface area contributed by atoms with Crippen molar-refractivity contribution >= 4 is 5.69 Å². The molecule has 1 aromatic carbocycles. The molecule has 0 aliphatic heterocycles.